The molecule has 32 heavy (non-hydrogen) atoms. The van der Waals surface area contributed by atoms with Crippen LogP contribution in [0.15, 0.2) is 42.0 Å². The van der Waals surface area contributed by atoms with Gasteiger partial charge in [0, 0.05) is 23.3 Å². The minimum Gasteiger partial charge on any atom is -0.369 e. The van der Waals surface area contributed by atoms with E-state index in [9.17, 15) is 9.59 Å². The molecule has 1 atom stereocenters. The van der Waals surface area contributed by atoms with E-state index < -0.39 is 11.8 Å². The average Bonchev–Trinajstić information content (AvgIpc) is 2.71. The lowest BCUT2D eigenvalue weighted by Crippen LogP contribution is -2.54. The maximum atomic E-state index is 13.4. The highest BCUT2D eigenvalue weighted by Crippen LogP contribution is 2.44. The summed E-state index contributed by atoms with van der Waals surface area (Å²) in [7, 11) is 2.07. The topological polar surface area (TPSA) is 52.7 Å². The number of hydrogen-bond donors (Lipinski definition) is 1. The lowest BCUT2D eigenvalue weighted by atomic mass is 9.80. The Hall–Kier alpha value is -2.70. The Balaban J connectivity index is 1.79. The summed E-state index contributed by atoms with van der Waals surface area (Å²) in [6.45, 7) is 8.51. The summed E-state index contributed by atoms with van der Waals surface area (Å²) in [6, 6.07) is 11.3. The molecule has 0 aromatic heterocycles. The minimum atomic E-state index is -0.523. The van der Waals surface area contributed by atoms with Gasteiger partial charge in [0.2, 0.25) is 0 Å². The van der Waals surface area contributed by atoms with Crippen molar-refractivity contribution in [1.29, 1.82) is 0 Å². The van der Waals surface area contributed by atoms with Crippen LogP contribution < -0.4 is 15.1 Å². The van der Waals surface area contributed by atoms with Gasteiger partial charge in [0.25, 0.3) is 11.8 Å². The van der Waals surface area contributed by atoms with Gasteiger partial charge in [0.1, 0.15) is 5.57 Å². The van der Waals surface area contributed by atoms with Gasteiger partial charge in [-0.2, -0.15) is 0 Å². The number of para-hydroxylation sites is 1. The summed E-state index contributed by atoms with van der Waals surface area (Å²) in [5.41, 5.74) is 4.40. The standard InChI is InChI=1S/C25H26ClN3O2S/c1-14-8-6-7-9-20(14)29-23(31)18(22(30)27-24(29)32)11-16-10-17-15(2)13-25(3,4)28(5)21(17)12-19(16)26/h6-12,15H,13H2,1-5H3,(H,27,30,32)/b18-11+/t15-/m1/s1. The third kappa shape index (κ3) is 3.71. The van der Waals surface area contributed by atoms with E-state index in [0.717, 1.165) is 23.2 Å². The second-order valence-electron chi connectivity index (χ2n) is 9.15. The van der Waals surface area contributed by atoms with E-state index in [4.69, 9.17) is 23.8 Å². The number of rotatable bonds is 2. The molecule has 2 aromatic carbocycles. The number of halogens is 1. The summed E-state index contributed by atoms with van der Waals surface area (Å²) in [6.07, 6.45) is 2.56. The van der Waals surface area contributed by atoms with Gasteiger partial charge in [0.15, 0.2) is 5.11 Å². The first-order valence-electron chi connectivity index (χ1n) is 10.6. The molecule has 2 aromatic rings. The number of nitrogens with zero attached hydrogens (tertiary/aromatic N) is 2. The molecule has 4 rings (SSSR count). The Morgan fingerprint density at radius 1 is 1.19 bits per heavy atom. The minimum absolute atomic E-state index is 0.000787. The highest BCUT2D eigenvalue weighted by Gasteiger charge is 2.37. The van der Waals surface area contributed by atoms with Crippen molar-refractivity contribution in [2.75, 3.05) is 16.8 Å². The highest BCUT2D eigenvalue weighted by molar-refractivity contribution is 7.80. The fourth-order valence-corrected chi connectivity index (χ4v) is 5.05. The van der Waals surface area contributed by atoms with Crippen LogP contribution in [0.2, 0.25) is 5.02 Å². The number of aryl methyl sites for hydroxylation is 1. The van der Waals surface area contributed by atoms with E-state index in [1.165, 1.54) is 4.90 Å². The molecule has 166 valence electrons. The monoisotopic (exact) mass is 467 g/mol. The Kier molecular flexibility index (Phi) is 5.63. The van der Waals surface area contributed by atoms with Gasteiger partial charge in [0.05, 0.1) is 5.69 Å². The third-order valence-corrected chi connectivity index (χ3v) is 7.12. The van der Waals surface area contributed by atoms with Crippen molar-refractivity contribution in [2.45, 2.75) is 45.6 Å². The summed E-state index contributed by atoms with van der Waals surface area (Å²) < 4.78 is 0. The van der Waals surface area contributed by atoms with Crippen LogP contribution in [-0.4, -0.2) is 29.5 Å². The van der Waals surface area contributed by atoms with Crippen LogP contribution in [0.4, 0.5) is 11.4 Å². The second kappa shape index (κ2) is 8.01. The predicted molar refractivity (Wildman–Crippen MR) is 134 cm³/mol. The number of fused-ring (bicyclic) bond motifs is 1. The molecule has 2 amide bonds. The van der Waals surface area contributed by atoms with Gasteiger partial charge in [-0.1, -0.05) is 36.7 Å². The normalized spacial score (nSPS) is 21.6. The zero-order valence-corrected chi connectivity index (χ0v) is 20.4. The van der Waals surface area contributed by atoms with Crippen LogP contribution in [0.1, 0.15) is 49.8 Å². The molecule has 1 fully saturated rings. The third-order valence-electron chi connectivity index (χ3n) is 6.51. The molecule has 7 heteroatoms. The maximum absolute atomic E-state index is 13.4. The first-order valence-corrected chi connectivity index (χ1v) is 11.3. The predicted octanol–water partition coefficient (Wildman–Crippen LogP) is 5.20. The summed E-state index contributed by atoms with van der Waals surface area (Å²) in [5.74, 6) is -0.671. The van der Waals surface area contributed by atoms with Gasteiger partial charge >= 0.3 is 0 Å². The molecule has 0 saturated carbocycles. The summed E-state index contributed by atoms with van der Waals surface area (Å²) >= 11 is 11.9. The molecule has 5 nitrogen and oxygen atoms in total. The lowest BCUT2D eigenvalue weighted by Gasteiger charge is -2.45. The van der Waals surface area contributed by atoms with Crippen molar-refractivity contribution < 1.29 is 9.59 Å². The van der Waals surface area contributed by atoms with E-state index >= 15 is 0 Å². The number of anilines is 2. The van der Waals surface area contributed by atoms with E-state index in [-0.39, 0.29) is 16.2 Å². The molecule has 1 N–H and O–H groups in total. The van der Waals surface area contributed by atoms with Crippen LogP contribution >= 0.6 is 23.8 Å². The molecule has 2 aliphatic heterocycles. The second-order valence-corrected chi connectivity index (χ2v) is 9.95. The van der Waals surface area contributed by atoms with Gasteiger partial charge in [-0.3, -0.25) is 19.8 Å². The van der Waals surface area contributed by atoms with Crippen molar-refractivity contribution in [2.24, 2.45) is 0 Å². The van der Waals surface area contributed by atoms with Crippen LogP contribution in [0.3, 0.4) is 0 Å². The molecular formula is C25H26ClN3O2S. The molecule has 0 bridgehead atoms. The SMILES string of the molecule is Cc1ccccc1N1C(=O)/C(=C/c2cc3c(cc2Cl)N(C)C(C)(C)C[C@H]3C)C(=O)NC1=S. The number of amides is 2. The van der Waals surface area contributed by atoms with Crippen LogP contribution in [0, 0.1) is 6.92 Å². The number of carbonyl (C=O) groups is 2. The maximum Gasteiger partial charge on any atom is 0.270 e. The molecule has 0 radical (unpaired) electrons. The number of hydrogen-bond acceptors (Lipinski definition) is 4. The van der Waals surface area contributed by atoms with Crippen molar-refractivity contribution >= 4 is 58.2 Å². The number of thiocarbonyl (C=S) groups is 1. The fourth-order valence-electron chi connectivity index (χ4n) is 4.56. The Morgan fingerprint density at radius 3 is 2.56 bits per heavy atom. The molecule has 0 spiro atoms. The number of nitrogens with one attached hydrogen (secondary N) is 1. The molecule has 1 saturated heterocycles. The first kappa shape index (κ1) is 22.5. The Morgan fingerprint density at radius 2 is 1.88 bits per heavy atom. The zero-order valence-electron chi connectivity index (χ0n) is 18.8. The summed E-state index contributed by atoms with van der Waals surface area (Å²) in [4.78, 5) is 29.7. The van der Waals surface area contributed by atoms with E-state index in [2.05, 4.69) is 38.0 Å². The van der Waals surface area contributed by atoms with Gasteiger partial charge in [-0.15, -0.1) is 0 Å². The van der Waals surface area contributed by atoms with Crippen LogP contribution in [0.5, 0.6) is 0 Å². The molecular weight excluding hydrogens is 442 g/mol. The van der Waals surface area contributed by atoms with Crippen LogP contribution in [-0.2, 0) is 9.59 Å². The zero-order chi connectivity index (χ0) is 23.4. The van der Waals surface area contributed by atoms with E-state index in [1.807, 2.05) is 37.3 Å². The molecule has 2 aliphatic rings. The fraction of sp³-hybridized carbons (Fsp3) is 0.320. The number of benzene rings is 2. The Bertz CT molecular complexity index is 1190. The number of carbonyl (C=O) groups excluding carboxylic acids is 2. The molecule has 0 aliphatic carbocycles. The Labute approximate surface area is 199 Å². The van der Waals surface area contributed by atoms with Crippen molar-refractivity contribution in [1.82, 2.24) is 5.32 Å². The van der Waals surface area contributed by atoms with Gasteiger partial charge in [-0.05, 0) is 86.3 Å². The molecule has 2 heterocycles. The largest absolute Gasteiger partial charge is 0.369 e. The quantitative estimate of drug-likeness (QED) is 0.374. The van der Waals surface area contributed by atoms with Gasteiger partial charge in [-0.25, -0.2) is 0 Å². The highest BCUT2D eigenvalue weighted by atomic mass is 35.5. The van der Waals surface area contributed by atoms with Crippen molar-refractivity contribution in [3.05, 3.63) is 63.7 Å². The van der Waals surface area contributed by atoms with Crippen molar-refractivity contribution in [3.8, 4) is 0 Å². The lowest BCUT2D eigenvalue weighted by molar-refractivity contribution is -0.122. The van der Waals surface area contributed by atoms with E-state index in [0.29, 0.717) is 22.2 Å². The first-order chi connectivity index (χ1) is 15.0. The van der Waals surface area contributed by atoms with E-state index in [1.54, 1.807) is 12.1 Å². The van der Waals surface area contributed by atoms with Crippen molar-refractivity contribution in [3.63, 3.8) is 0 Å². The summed E-state index contributed by atoms with van der Waals surface area (Å²) in [5, 5.41) is 3.20. The van der Waals surface area contributed by atoms with Gasteiger partial charge < -0.3 is 4.90 Å². The van der Waals surface area contributed by atoms with Crippen LogP contribution in [0.25, 0.3) is 6.08 Å². The molecule has 0 unspecified atom stereocenters. The average molecular weight is 468 g/mol. The smallest absolute Gasteiger partial charge is 0.270 e.